The summed E-state index contributed by atoms with van der Waals surface area (Å²) in [5, 5.41) is 19.9. The van der Waals surface area contributed by atoms with Crippen molar-refractivity contribution in [3.05, 3.63) is 131 Å². The number of nitrogens with zero attached hydrogens (tertiary/aromatic N) is 1. The molecule has 0 radical (unpaired) electrons. The van der Waals surface area contributed by atoms with E-state index in [1.165, 1.54) is 34.0 Å². The summed E-state index contributed by atoms with van der Waals surface area (Å²) in [6.07, 6.45) is 6.79. The number of carboxylic acid groups (broad SMARTS) is 1. The number of amides is 1. The highest BCUT2D eigenvalue weighted by Crippen LogP contribution is 2.35. The van der Waals surface area contributed by atoms with Crippen molar-refractivity contribution in [3.63, 3.8) is 0 Å². The second-order valence-electron chi connectivity index (χ2n) is 10.00. The number of carbonyl (C=O) groups is 2. The lowest BCUT2D eigenvalue weighted by Gasteiger charge is -2.31. The number of anilines is 3. The largest absolute Gasteiger partial charge is 0.477 e. The van der Waals surface area contributed by atoms with Crippen LogP contribution in [0.4, 0.5) is 17.1 Å². The number of rotatable bonds is 8. The van der Waals surface area contributed by atoms with Crippen LogP contribution in [0.15, 0.2) is 115 Å². The zero-order valence-electron chi connectivity index (χ0n) is 22.8. The Kier molecular flexibility index (Phi) is 8.20. The predicted molar refractivity (Wildman–Crippen MR) is 166 cm³/mol. The highest BCUT2D eigenvalue weighted by molar-refractivity contribution is 6.48. The number of carboxylic acids is 1. The second-order valence-corrected chi connectivity index (χ2v) is 10.00. The van der Waals surface area contributed by atoms with E-state index in [0.717, 1.165) is 30.6 Å². The van der Waals surface area contributed by atoms with Crippen molar-refractivity contribution in [1.29, 1.82) is 5.41 Å². The highest BCUT2D eigenvalue weighted by atomic mass is 16.4. The number of hydrogen-bond acceptors (Lipinski definition) is 4. The third-order valence-electron chi connectivity index (χ3n) is 7.10. The lowest BCUT2D eigenvalue weighted by molar-refractivity contribution is -0.129. The molecule has 1 aliphatic rings. The van der Waals surface area contributed by atoms with Crippen LogP contribution in [0.25, 0.3) is 17.2 Å². The summed E-state index contributed by atoms with van der Waals surface area (Å²) in [4.78, 5) is 26.6. The normalized spacial score (nSPS) is 13.1. The van der Waals surface area contributed by atoms with Crippen LogP contribution in [-0.2, 0) is 16.0 Å². The Morgan fingerprint density at radius 1 is 0.902 bits per heavy atom. The van der Waals surface area contributed by atoms with E-state index in [1.807, 2.05) is 18.2 Å². The molecule has 0 saturated heterocycles. The molecule has 1 aliphatic heterocycles. The molecule has 0 bridgehead atoms. The Morgan fingerprint density at radius 3 is 2.27 bits per heavy atom. The van der Waals surface area contributed by atoms with Gasteiger partial charge in [-0.1, -0.05) is 78.4 Å². The minimum atomic E-state index is -1.46. The molecular formula is C35H31N3O3. The monoisotopic (exact) mass is 541 g/mol. The lowest BCUT2D eigenvalue weighted by atomic mass is 9.97. The van der Waals surface area contributed by atoms with Gasteiger partial charge in [0.05, 0.1) is 5.57 Å². The average Bonchev–Trinajstić information content (AvgIpc) is 2.99. The van der Waals surface area contributed by atoms with E-state index in [1.54, 1.807) is 30.3 Å². The fourth-order valence-corrected chi connectivity index (χ4v) is 4.93. The first-order valence-corrected chi connectivity index (χ1v) is 13.5. The Morgan fingerprint density at radius 2 is 1.59 bits per heavy atom. The molecule has 204 valence electrons. The molecule has 4 aromatic carbocycles. The fraction of sp³-hybridized carbons (Fsp3) is 0.114. The number of hydrogen-bond donors (Lipinski definition) is 3. The van der Waals surface area contributed by atoms with Gasteiger partial charge in [0.1, 0.15) is 0 Å². The van der Waals surface area contributed by atoms with Crippen molar-refractivity contribution in [1.82, 2.24) is 0 Å². The van der Waals surface area contributed by atoms with E-state index >= 15 is 0 Å². The molecular weight excluding hydrogens is 510 g/mol. The van der Waals surface area contributed by atoms with Gasteiger partial charge in [0.15, 0.2) is 5.71 Å². The van der Waals surface area contributed by atoms with Crippen LogP contribution in [0.1, 0.15) is 23.1 Å². The van der Waals surface area contributed by atoms with Gasteiger partial charge in [-0.25, -0.2) is 4.79 Å². The van der Waals surface area contributed by atoms with E-state index in [2.05, 4.69) is 77.8 Å². The van der Waals surface area contributed by atoms with Gasteiger partial charge in [-0.05, 0) is 84.5 Å². The third kappa shape index (κ3) is 6.50. The summed E-state index contributed by atoms with van der Waals surface area (Å²) >= 11 is 0. The molecule has 41 heavy (non-hydrogen) atoms. The summed E-state index contributed by atoms with van der Waals surface area (Å²) in [6, 6.07) is 32.2. The maximum atomic E-state index is 12.8. The minimum absolute atomic E-state index is 0.226. The molecule has 0 aliphatic carbocycles. The van der Waals surface area contributed by atoms with E-state index in [0.29, 0.717) is 5.69 Å². The van der Waals surface area contributed by atoms with Crippen LogP contribution >= 0.6 is 0 Å². The topological polar surface area (TPSA) is 93.5 Å². The molecule has 1 amide bonds. The number of fused-ring (bicyclic) bond motifs is 1. The van der Waals surface area contributed by atoms with Crippen molar-refractivity contribution >= 4 is 40.7 Å². The summed E-state index contributed by atoms with van der Waals surface area (Å²) < 4.78 is 0. The first kappa shape index (κ1) is 27.3. The van der Waals surface area contributed by atoms with Gasteiger partial charge < -0.3 is 15.3 Å². The lowest BCUT2D eigenvalue weighted by Crippen LogP contribution is -2.25. The van der Waals surface area contributed by atoms with Crippen LogP contribution in [0, 0.1) is 12.3 Å². The summed E-state index contributed by atoms with van der Waals surface area (Å²) in [7, 11) is 0. The SMILES string of the molecule is Cc1ccc(-c2ccc(N3CCCc4cc(/C=C/C=C(/C(=N)C(=O)O)C(=O)Nc5ccccc5)ccc43)cc2)cc1. The smallest absolute Gasteiger partial charge is 0.354 e. The number of nitrogens with one attached hydrogen (secondary N) is 2. The highest BCUT2D eigenvalue weighted by Gasteiger charge is 2.21. The van der Waals surface area contributed by atoms with Gasteiger partial charge >= 0.3 is 5.97 Å². The Labute approximate surface area is 239 Å². The number of allylic oxidation sites excluding steroid dienone is 2. The molecule has 5 rings (SSSR count). The summed E-state index contributed by atoms with van der Waals surface area (Å²) in [5.41, 5.74) is 7.64. The maximum absolute atomic E-state index is 12.8. The van der Waals surface area contributed by atoms with Gasteiger partial charge in [0, 0.05) is 23.6 Å². The molecule has 0 saturated carbocycles. The first-order valence-electron chi connectivity index (χ1n) is 13.5. The van der Waals surface area contributed by atoms with E-state index < -0.39 is 17.6 Å². The van der Waals surface area contributed by atoms with Crippen molar-refractivity contribution in [2.75, 3.05) is 16.8 Å². The Balaban J connectivity index is 1.34. The fourth-order valence-electron chi connectivity index (χ4n) is 4.93. The zero-order chi connectivity index (χ0) is 28.8. The number of para-hydroxylation sites is 1. The van der Waals surface area contributed by atoms with Crippen LogP contribution in [0.3, 0.4) is 0 Å². The van der Waals surface area contributed by atoms with E-state index in [-0.39, 0.29) is 5.57 Å². The molecule has 6 heteroatoms. The van der Waals surface area contributed by atoms with E-state index in [9.17, 15) is 14.7 Å². The molecule has 0 spiro atoms. The van der Waals surface area contributed by atoms with Crippen LogP contribution in [0.2, 0.25) is 0 Å². The standard InChI is InChI=1S/C35H31N3O3/c1-24-12-15-26(16-13-24)27-17-19-30(20-18-27)38-22-6-8-28-23-25(14-21-32(28)38)7-5-11-31(33(36)35(40)41)34(39)37-29-9-3-2-4-10-29/h2-5,7,9-21,23,36H,6,8,22H2,1H3,(H,37,39)(H,40,41)/b7-5+,31-11-,36-33?. The summed E-state index contributed by atoms with van der Waals surface area (Å²) in [5.74, 6) is -2.11. The quantitative estimate of drug-likeness (QED) is 0.123. The molecule has 0 fully saturated rings. The van der Waals surface area contributed by atoms with Gasteiger partial charge in [-0.15, -0.1) is 0 Å². The maximum Gasteiger partial charge on any atom is 0.354 e. The zero-order valence-corrected chi connectivity index (χ0v) is 22.8. The molecule has 1 heterocycles. The van der Waals surface area contributed by atoms with Crippen LogP contribution in [0.5, 0.6) is 0 Å². The third-order valence-corrected chi connectivity index (χ3v) is 7.10. The van der Waals surface area contributed by atoms with Crippen LogP contribution in [-0.4, -0.2) is 29.2 Å². The van der Waals surface area contributed by atoms with Crippen molar-refractivity contribution < 1.29 is 14.7 Å². The molecule has 0 aromatic heterocycles. The molecule has 3 N–H and O–H groups in total. The number of carbonyl (C=O) groups excluding carboxylic acids is 1. The van der Waals surface area contributed by atoms with Gasteiger partial charge in [-0.3, -0.25) is 10.2 Å². The molecule has 6 nitrogen and oxygen atoms in total. The van der Waals surface area contributed by atoms with Crippen molar-refractivity contribution in [2.45, 2.75) is 19.8 Å². The second kappa shape index (κ2) is 12.3. The predicted octanol–water partition coefficient (Wildman–Crippen LogP) is 7.43. The minimum Gasteiger partial charge on any atom is -0.477 e. The Hall–Kier alpha value is -5.23. The molecule has 0 unspecified atom stereocenters. The number of aryl methyl sites for hydroxylation is 2. The van der Waals surface area contributed by atoms with Gasteiger partial charge in [0.25, 0.3) is 5.91 Å². The van der Waals surface area contributed by atoms with E-state index in [4.69, 9.17) is 5.41 Å². The Bertz CT molecular complexity index is 1640. The van der Waals surface area contributed by atoms with Crippen molar-refractivity contribution in [2.24, 2.45) is 0 Å². The molecule has 0 atom stereocenters. The average molecular weight is 542 g/mol. The molecule has 4 aromatic rings. The first-order chi connectivity index (χ1) is 19.9. The van der Waals surface area contributed by atoms with Gasteiger partial charge in [-0.2, -0.15) is 0 Å². The number of aliphatic carboxylic acids is 1. The van der Waals surface area contributed by atoms with Crippen LogP contribution < -0.4 is 10.2 Å². The van der Waals surface area contributed by atoms with Crippen molar-refractivity contribution in [3.8, 4) is 11.1 Å². The summed E-state index contributed by atoms with van der Waals surface area (Å²) in [6.45, 7) is 3.03. The van der Waals surface area contributed by atoms with Gasteiger partial charge in [0.2, 0.25) is 0 Å². The number of benzene rings is 4.